The Balaban J connectivity index is 1.86. The van der Waals surface area contributed by atoms with Crippen molar-refractivity contribution in [2.75, 3.05) is 45.8 Å². The van der Waals surface area contributed by atoms with Gasteiger partial charge in [-0.15, -0.1) is 0 Å². The summed E-state index contributed by atoms with van der Waals surface area (Å²) in [4.78, 5) is 31.1. The monoisotopic (exact) mass is 351 g/mol. The van der Waals surface area contributed by atoms with Crippen LogP contribution in [0.15, 0.2) is 16.8 Å². The van der Waals surface area contributed by atoms with E-state index in [1.165, 1.54) is 0 Å². The van der Waals surface area contributed by atoms with Crippen LogP contribution in [-0.4, -0.2) is 72.3 Å². The Labute approximate surface area is 149 Å². The molecular weight excluding hydrogens is 322 g/mol. The van der Waals surface area contributed by atoms with Crippen LogP contribution in [0.5, 0.6) is 0 Å². The minimum Gasteiger partial charge on any atom is -0.342 e. The van der Waals surface area contributed by atoms with Crippen molar-refractivity contribution in [3.8, 4) is 0 Å². The SMILES string of the molecule is CCCN(CCC)C(=O)CN1CCCN(C(=O)c2ccsc2)CC1. The van der Waals surface area contributed by atoms with Gasteiger partial charge < -0.3 is 9.80 Å². The molecule has 0 aliphatic carbocycles. The molecule has 1 fully saturated rings. The summed E-state index contributed by atoms with van der Waals surface area (Å²) in [7, 11) is 0. The molecule has 1 saturated heterocycles. The number of nitrogens with zero attached hydrogens (tertiary/aromatic N) is 3. The summed E-state index contributed by atoms with van der Waals surface area (Å²) in [5.41, 5.74) is 0.779. The van der Waals surface area contributed by atoms with Crippen LogP contribution in [0.2, 0.25) is 0 Å². The molecule has 1 aromatic rings. The third kappa shape index (κ3) is 5.31. The van der Waals surface area contributed by atoms with Crippen LogP contribution in [0.3, 0.4) is 0 Å². The zero-order chi connectivity index (χ0) is 17.4. The molecule has 2 amide bonds. The molecule has 1 aromatic heterocycles. The maximum atomic E-state index is 12.5. The van der Waals surface area contributed by atoms with Crippen LogP contribution in [0.4, 0.5) is 0 Å². The van der Waals surface area contributed by atoms with Crippen LogP contribution in [0, 0.1) is 0 Å². The molecule has 2 rings (SSSR count). The van der Waals surface area contributed by atoms with Crippen molar-refractivity contribution in [3.05, 3.63) is 22.4 Å². The lowest BCUT2D eigenvalue weighted by molar-refractivity contribution is -0.132. The largest absolute Gasteiger partial charge is 0.342 e. The summed E-state index contributed by atoms with van der Waals surface area (Å²) in [6.07, 6.45) is 2.91. The van der Waals surface area contributed by atoms with E-state index in [-0.39, 0.29) is 11.8 Å². The minimum atomic E-state index is 0.114. The van der Waals surface area contributed by atoms with Crippen molar-refractivity contribution in [3.63, 3.8) is 0 Å². The van der Waals surface area contributed by atoms with E-state index in [4.69, 9.17) is 0 Å². The van der Waals surface area contributed by atoms with E-state index in [0.29, 0.717) is 13.1 Å². The molecule has 0 unspecified atom stereocenters. The quantitative estimate of drug-likeness (QED) is 0.758. The first kappa shape index (κ1) is 18.9. The van der Waals surface area contributed by atoms with Gasteiger partial charge in [-0.2, -0.15) is 11.3 Å². The van der Waals surface area contributed by atoms with Gasteiger partial charge in [-0.3, -0.25) is 14.5 Å². The maximum Gasteiger partial charge on any atom is 0.254 e. The molecule has 2 heterocycles. The first-order valence-corrected chi connectivity index (χ1v) is 9.91. The van der Waals surface area contributed by atoms with Crippen LogP contribution in [-0.2, 0) is 4.79 Å². The lowest BCUT2D eigenvalue weighted by atomic mass is 10.3. The molecule has 0 radical (unpaired) electrons. The highest BCUT2D eigenvalue weighted by atomic mass is 32.1. The second kappa shape index (κ2) is 9.79. The summed E-state index contributed by atoms with van der Waals surface area (Å²) in [5.74, 6) is 0.333. The predicted octanol–water partition coefficient (Wildman–Crippen LogP) is 2.54. The Morgan fingerprint density at radius 1 is 1.12 bits per heavy atom. The van der Waals surface area contributed by atoms with Crippen molar-refractivity contribution >= 4 is 23.2 Å². The molecule has 0 atom stereocenters. The molecule has 1 aliphatic heterocycles. The van der Waals surface area contributed by atoms with Crippen LogP contribution in [0.25, 0.3) is 0 Å². The third-order valence-electron chi connectivity index (χ3n) is 4.34. The van der Waals surface area contributed by atoms with Crippen molar-refractivity contribution in [1.82, 2.24) is 14.7 Å². The fourth-order valence-corrected chi connectivity index (χ4v) is 3.72. The minimum absolute atomic E-state index is 0.114. The molecule has 24 heavy (non-hydrogen) atoms. The molecule has 134 valence electrons. The molecule has 1 aliphatic rings. The molecule has 0 saturated carbocycles. The van der Waals surface area contributed by atoms with E-state index in [1.807, 2.05) is 26.6 Å². The van der Waals surface area contributed by atoms with Crippen LogP contribution >= 0.6 is 11.3 Å². The molecule has 0 aromatic carbocycles. The van der Waals surface area contributed by atoms with Crippen molar-refractivity contribution in [2.45, 2.75) is 33.1 Å². The number of carbonyl (C=O) groups is 2. The van der Waals surface area contributed by atoms with Gasteiger partial charge in [0.25, 0.3) is 5.91 Å². The van der Waals surface area contributed by atoms with Gasteiger partial charge in [0, 0.05) is 44.6 Å². The van der Waals surface area contributed by atoms with Crippen molar-refractivity contribution < 1.29 is 9.59 Å². The summed E-state index contributed by atoms with van der Waals surface area (Å²) in [5, 5.41) is 3.84. The Bertz CT molecular complexity index is 512. The summed E-state index contributed by atoms with van der Waals surface area (Å²) < 4.78 is 0. The topological polar surface area (TPSA) is 43.9 Å². The Hall–Kier alpha value is -1.40. The lowest BCUT2D eigenvalue weighted by Gasteiger charge is -2.26. The smallest absolute Gasteiger partial charge is 0.254 e. The van der Waals surface area contributed by atoms with E-state index < -0.39 is 0 Å². The highest BCUT2D eigenvalue weighted by Crippen LogP contribution is 2.12. The van der Waals surface area contributed by atoms with Gasteiger partial charge >= 0.3 is 0 Å². The zero-order valence-corrected chi connectivity index (χ0v) is 15.7. The molecule has 0 spiro atoms. The van der Waals surface area contributed by atoms with E-state index >= 15 is 0 Å². The van der Waals surface area contributed by atoms with E-state index in [1.54, 1.807) is 11.3 Å². The van der Waals surface area contributed by atoms with E-state index in [9.17, 15) is 9.59 Å². The third-order valence-corrected chi connectivity index (χ3v) is 5.03. The highest BCUT2D eigenvalue weighted by molar-refractivity contribution is 7.08. The molecule has 0 bridgehead atoms. The van der Waals surface area contributed by atoms with Crippen LogP contribution < -0.4 is 0 Å². The first-order chi connectivity index (χ1) is 11.7. The van der Waals surface area contributed by atoms with Gasteiger partial charge in [0.1, 0.15) is 0 Å². The molecular formula is C18H29N3O2S. The highest BCUT2D eigenvalue weighted by Gasteiger charge is 2.22. The number of hydrogen-bond donors (Lipinski definition) is 0. The summed E-state index contributed by atoms with van der Waals surface area (Å²) >= 11 is 1.55. The fourth-order valence-electron chi connectivity index (χ4n) is 3.09. The predicted molar refractivity (Wildman–Crippen MR) is 98.4 cm³/mol. The number of rotatable bonds is 7. The van der Waals surface area contributed by atoms with E-state index in [0.717, 1.165) is 57.5 Å². The fraction of sp³-hybridized carbons (Fsp3) is 0.667. The number of hydrogen-bond acceptors (Lipinski definition) is 4. The average Bonchev–Trinajstić information content (AvgIpc) is 3.01. The van der Waals surface area contributed by atoms with Gasteiger partial charge in [-0.25, -0.2) is 0 Å². The number of amides is 2. The lowest BCUT2D eigenvalue weighted by Crippen LogP contribution is -2.42. The Morgan fingerprint density at radius 2 is 1.88 bits per heavy atom. The summed E-state index contributed by atoms with van der Waals surface area (Å²) in [6, 6.07) is 1.88. The number of thiophene rings is 1. The first-order valence-electron chi connectivity index (χ1n) is 8.97. The Morgan fingerprint density at radius 3 is 2.50 bits per heavy atom. The molecule has 5 nitrogen and oxygen atoms in total. The summed E-state index contributed by atoms with van der Waals surface area (Å²) in [6.45, 7) is 9.48. The standard InChI is InChI=1S/C18H29N3O2S/c1-3-7-20(8-4-2)17(22)14-19-9-5-10-21(12-11-19)18(23)16-6-13-24-15-16/h6,13,15H,3-5,7-12,14H2,1-2H3. The second-order valence-electron chi connectivity index (χ2n) is 6.31. The maximum absolute atomic E-state index is 12.5. The normalized spacial score (nSPS) is 16.0. The second-order valence-corrected chi connectivity index (χ2v) is 7.09. The van der Waals surface area contributed by atoms with Gasteiger partial charge in [-0.05, 0) is 30.7 Å². The molecule has 0 N–H and O–H groups in total. The van der Waals surface area contributed by atoms with Crippen molar-refractivity contribution in [1.29, 1.82) is 0 Å². The van der Waals surface area contributed by atoms with Gasteiger partial charge in [0.05, 0.1) is 12.1 Å². The average molecular weight is 352 g/mol. The molecule has 6 heteroatoms. The van der Waals surface area contributed by atoms with E-state index in [2.05, 4.69) is 18.7 Å². The van der Waals surface area contributed by atoms with Crippen LogP contribution in [0.1, 0.15) is 43.5 Å². The van der Waals surface area contributed by atoms with Gasteiger partial charge in [0.15, 0.2) is 0 Å². The van der Waals surface area contributed by atoms with Gasteiger partial charge in [0.2, 0.25) is 5.91 Å². The Kier molecular flexibility index (Phi) is 7.72. The van der Waals surface area contributed by atoms with Gasteiger partial charge in [-0.1, -0.05) is 13.8 Å². The number of carbonyl (C=O) groups excluding carboxylic acids is 2. The zero-order valence-electron chi connectivity index (χ0n) is 14.9. The van der Waals surface area contributed by atoms with Crippen molar-refractivity contribution in [2.24, 2.45) is 0 Å².